The lowest BCUT2D eigenvalue weighted by Gasteiger charge is -1.98. The molecule has 0 saturated heterocycles. The summed E-state index contributed by atoms with van der Waals surface area (Å²) >= 11 is 3.39. The van der Waals surface area contributed by atoms with Crippen LogP contribution < -0.4 is 5.73 Å². The number of hydrogen-bond donors (Lipinski definition) is 1. The van der Waals surface area contributed by atoms with Gasteiger partial charge in [-0.15, -0.1) is 5.10 Å². The molecule has 3 rings (SSSR count). The Morgan fingerprint density at radius 3 is 2.83 bits per heavy atom. The van der Waals surface area contributed by atoms with Crippen molar-refractivity contribution in [2.75, 3.05) is 5.73 Å². The maximum atomic E-state index is 5.93. The molecule has 2 aromatic heterocycles. The third kappa shape index (κ3) is 1.76. The van der Waals surface area contributed by atoms with Crippen LogP contribution in [0.25, 0.3) is 17.0 Å². The number of nitrogens with zero attached hydrogens (tertiary/aromatic N) is 3. The summed E-state index contributed by atoms with van der Waals surface area (Å²) in [6, 6.07) is 9.86. The molecule has 4 nitrogen and oxygen atoms in total. The smallest absolute Gasteiger partial charge is 0.182 e. The average molecular weight is 303 g/mol. The van der Waals surface area contributed by atoms with Crippen molar-refractivity contribution >= 4 is 27.3 Å². The van der Waals surface area contributed by atoms with E-state index in [0.29, 0.717) is 17.2 Å². The molecular formula is C13H11BrN4. The Morgan fingerprint density at radius 1 is 1.28 bits per heavy atom. The van der Waals surface area contributed by atoms with E-state index in [1.807, 2.05) is 43.5 Å². The van der Waals surface area contributed by atoms with Gasteiger partial charge in [0.2, 0.25) is 0 Å². The van der Waals surface area contributed by atoms with E-state index in [4.69, 9.17) is 5.73 Å². The van der Waals surface area contributed by atoms with Gasteiger partial charge in [0, 0.05) is 16.2 Å². The van der Waals surface area contributed by atoms with Gasteiger partial charge in [-0.25, -0.2) is 9.50 Å². The Bertz CT molecular complexity index is 733. The van der Waals surface area contributed by atoms with E-state index < -0.39 is 0 Å². The summed E-state index contributed by atoms with van der Waals surface area (Å²) in [6.07, 6.45) is 1.85. The molecule has 0 aliphatic rings. The molecule has 0 amide bonds. The zero-order chi connectivity index (χ0) is 12.7. The maximum absolute atomic E-state index is 5.93. The van der Waals surface area contributed by atoms with Crippen molar-refractivity contribution in [1.82, 2.24) is 14.6 Å². The summed E-state index contributed by atoms with van der Waals surface area (Å²) < 4.78 is 2.58. The monoisotopic (exact) mass is 302 g/mol. The second-order valence-corrected chi connectivity index (χ2v) is 5.05. The highest BCUT2D eigenvalue weighted by molar-refractivity contribution is 9.10. The molecule has 0 aliphatic carbocycles. The molecule has 2 heterocycles. The van der Waals surface area contributed by atoms with Gasteiger partial charge >= 0.3 is 0 Å². The maximum Gasteiger partial charge on any atom is 0.182 e. The minimum atomic E-state index is 0.608. The first kappa shape index (κ1) is 11.2. The Labute approximate surface area is 113 Å². The van der Waals surface area contributed by atoms with Crippen LogP contribution in [0.15, 0.2) is 41.0 Å². The fraction of sp³-hybridized carbons (Fsp3) is 0.0769. The van der Waals surface area contributed by atoms with Crippen molar-refractivity contribution in [3.05, 3.63) is 46.6 Å². The van der Waals surface area contributed by atoms with Crippen molar-refractivity contribution in [3.63, 3.8) is 0 Å². The SMILES string of the molecule is Cc1ccccc1-c1nc2c(N)cc(Br)cn2n1. The number of nitrogen functional groups attached to an aromatic ring is 1. The number of benzene rings is 1. The van der Waals surface area contributed by atoms with Gasteiger partial charge in [-0.05, 0) is 34.5 Å². The molecule has 0 bridgehead atoms. The molecule has 0 fully saturated rings. The van der Waals surface area contributed by atoms with Gasteiger partial charge in [-0.1, -0.05) is 24.3 Å². The summed E-state index contributed by atoms with van der Waals surface area (Å²) in [5, 5.41) is 4.46. The molecule has 3 aromatic rings. The first-order valence-electron chi connectivity index (χ1n) is 5.52. The van der Waals surface area contributed by atoms with E-state index in [9.17, 15) is 0 Å². The van der Waals surface area contributed by atoms with E-state index in [-0.39, 0.29) is 0 Å². The topological polar surface area (TPSA) is 56.2 Å². The van der Waals surface area contributed by atoms with Crippen molar-refractivity contribution in [3.8, 4) is 11.4 Å². The van der Waals surface area contributed by atoms with Crippen LogP contribution in [-0.2, 0) is 0 Å². The van der Waals surface area contributed by atoms with Gasteiger partial charge in [0.15, 0.2) is 11.5 Å². The number of rotatable bonds is 1. The van der Waals surface area contributed by atoms with E-state index in [0.717, 1.165) is 15.6 Å². The van der Waals surface area contributed by atoms with Crippen LogP contribution in [0.1, 0.15) is 5.56 Å². The third-order valence-corrected chi connectivity index (χ3v) is 3.25. The first-order chi connectivity index (χ1) is 8.65. The number of aromatic nitrogens is 3. The van der Waals surface area contributed by atoms with E-state index in [1.165, 1.54) is 0 Å². The van der Waals surface area contributed by atoms with Crippen LogP contribution >= 0.6 is 15.9 Å². The van der Waals surface area contributed by atoms with Crippen molar-refractivity contribution in [1.29, 1.82) is 0 Å². The van der Waals surface area contributed by atoms with Crippen molar-refractivity contribution in [2.45, 2.75) is 6.92 Å². The summed E-state index contributed by atoms with van der Waals surface area (Å²) in [5.74, 6) is 0.693. The lowest BCUT2D eigenvalue weighted by molar-refractivity contribution is 0.961. The molecule has 0 spiro atoms. The largest absolute Gasteiger partial charge is 0.396 e. The number of pyridine rings is 1. The van der Waals surface area contributed by atoms with Crippen LogP contribution in [0.5, 0.6) is 0 Å². The minimum absolute atomic E-state index is 0.608. The summed E-state index contributed by atoms with van der Waals surface area (Å²) in [5.41, 5.74) is 9.39. The third-order valence-electron chi connectivity index (χ3n) is 2.81. The highest BCUT2D eigenvalue weighted by Crippen LogP contribution is 2.24. The molecule has 0 aliphatic heterocycles. The van der Waals surface area contributed by atoms with Crippen LogP contribution in [0.4, 0.5) is 5.69 Å². The zero-order valence-corrected chi connectivity index (χ0v) is 11.3. The van der Waals surface area contributed by atoms with Crippen LogP contribution in [0.3, 0.4) is 0 Å². The minimum Gasteiger partial charge on any atom is -0.396 e. The molecule has 5 heteroatoms. The molecule has 0 radical (unpaired) electrons. The van der Waals surface area contributed by atoms with Gasteiger partial charge in [-0.2, -0.15) is 0 Å². The van der Waals surface area contributed by atoms with Gasteiger partial charge in [-0.3, -0.25) is 0 Å². The summed E-state index contributed by atoms with van der Waals surface area (Å²) in [6.45, 7) is 2.04. The van der Waals surface area contributed by atoms with Crippen molar-refractivity contribution < 1.29 is 0 Å². The number of halogens is 1. The molecule has 18 heavy (non-hydrogen) atoms. The predicted octanol–water partition coefficient (Wildman–Crippen LogP) is 3.05. The summed E-state index contributed by atoms with van der Waals surface area (Å²) in [7, 11) is 0. The first-order valence-corrected chi connectivity index (χ1v) is 6.32. The van der Waals surface area contributed by atoms with Gasteiger partial charge in [0.1, 0.15) is 0 Å². The normalized spacial score (nSPS) is 11.0. The fourth-order valence-corrected chi connectivity index (χ4v) is 2.36. The number of anilines is 1. The van der Waals surface area contributed by atoms with E-state index in [1.54, 1.807) is 4.52 Å². The number of fused-ring (bicyclic) bond motifs is 1. The number of aryl methyl sites for hydroxylation is 1. The summed E-state index contributed by atoms with van der Waals surface area (Å²) in [4.78, 5) is 4.49. The quantitative estimate of drug-likeness (QED) is 0.751. The Kier molecular flexibility index (Phi) is 2.56. The van der Waals surface area contributed by atoms with E-state index in [2.05, 4.69) is 26.0 Å². The Morgan fingerprint density at radius 2 is 2.06 bits per heavy atom. The predicted molar refractivity (Wildman–Crippen MR) is 75.3 cm³/mol. The van der Waals surface area contributed by atoms with Gasteiger partial charge in [0.25, 0.3) is 0 Å². The molecular weight excluding hydrogens is 292 g/mol. The van der Waals surface area contributed by atoms with Gasteiger partial charge in [0.05, 0.1) is 5.69 Å². The number of nitrogens with two attached hydrogens (primary N) is 1. The number of hydrogen-bond acceptors (Lipinski definition) is 3. The molecule has 0 atom stereocenters. The molecule has 90 valence electrons. The molecule has 0 unspecified atom stereocenters. The lowest BCUT2D eigenvalue weighted by atomic mass is 10.1. The second-order valence-electron chi connectivity index (χ2n) is 4.13. The standard InChI is InChI=1S/C13H11BrN4/c1-8-4-2-3-5-10(8)12-16-13-11(15)6-9(14)7-18(13)17-12/h2-7H,15H2,1H3. The average Bonchev–Trinajstić information content (AvgIpc) is 2.73. The highest BCUT2D eigenvalue weighted by Gasteiger charge is 2.10. The molecule has 2 N–H and O–H groups in total. The lowest BCUT2D eigenvalue weighted by Crippen LogP contribution is -1.93. The van der Waals surface area contributed by atoms with Crippen molar-refractivity contribution in [2.24, 2.45) is 0 Å². The van der Waals surface area contributed by atoms with Crippen LogP contribution in [0, 0.1) is 6.92 Å². The fourth-order valence-electron chi connectivity index (χ4n) is 1.92. The highest BCUT2D eigenvalue weighted by atomic mass is 79.9. The molecule has 1 aromatic carbocycles. The van der Waals surface area contributed by atoms with Crippen LogP contribution in [-0.4, -0.2) is 14.6 Å². The van der Waals surface area contributed by atoms with Gasteiger partial charge < -0.3 is 5.73 Å². The van der Waals surface area contributed by atoms with Crippen LogP contribution in [0.2, 0.25) is 0 Å². The zero-order valence-electron chi connectivity index (χ0n) is 9.76. The van der Waals surface area contributed by atoms with E-state index >= 15 is 0 Å². The Hall–Kier alpha value is -1.88. The Balaban J connectivity index is 2.26. The molecule has 0 saturated carbocycles. The second kappa shape index (κ2) is 4.10.